The Kier molecular flexibility index (Phi) is 3.76. The van der Waals surface area contributed by atoms with Crippen LogP contribution in [-0.2, 0) is 6.42 Å². The Bertz CT molecular complexity index is 279. The van der Waals surface area contributed by atoms with E-state index >= 15 is 0 Å². The van der Waals surface area contributed by atoms with E-state index in [0.717, 1.165) is 17.3 Å². The van der Waals surface area contributed by atoms with Crippen molar-refractivity contribution < 1.29 is 0 Å². The smallest absolute Gasteiger partial charge is 0.210 e. The molecule has 0 amide bonds. The highest BCUT2D eigenvalue weighted by Crippen LogP contribution is 2.26. The minimum absolute atomic E-state index is 0.415. The fourth-order valence-corrected chi connectivity index (χ4v) is 3.05. The van der Waals surface area contributed by atoms with Crippen LogP contribution in [0.4, 0.5) is 0 Å². The molecule has 1 aromatic rings. The second kappa shape index (κ2) is 5.08. The maximum Gasteiger partial charge on any atom is 0.234 e. The predicted octanol–water partition coefficient (Wildman–Crippen LogP) is 3.70. The standard InChI is InChI=1S/C10H15ClN2S/c11-10-12-9(14-13-10)7-8-5-3-1-2-4-6-8/h8H,1-7H2. The Balaban J connectivity index is 1.89. The van der Waals surface area contributed by atoms with Crippen molar-refractivity contribution >= 4 is 23.1 Å². The molecule has 0 unspecified atom stereocenters. The van der Waals surface area contributed by atoms with Gasteiger partial charge >= 0.3 is 0 Å². The molecule has 1 heterocycles. The molecule has 1 aliphatic carbocycles. The Morgan fingerprint density at radius 2 is 1.93 bits per heavy atom. The van der Waals surface area contributed by atoms with E-state index in [1.807, 2.05) is 0 Å². The van der Waals surface area contributed by atoms with Crippen LogP contribution in [0.3, 0.4) is 0 Å². The first-order chi connectivity index (χ1) is 6.84. The molecule has 0 saturated heterocycles. The van der Waals surface area contributed by atoms with Crippen molar-refractivity contribution in [2.24, 2.45) is 5.92 Å². The highest BCUT2D eigenvalue weighted by molar-refractivity contribution is 7.05. The third-order valence-electron chi connectivity index (χ3n) is 2.88. The molecule has 1 fully saturated rings. The fraction of sp³-hybridized carbons (Fsp3) is 0.800. The van der Waals surface area contributed by atoms with Gasteiger partial charge in [0, 0.05) is 6.42 Å². The van der Waals surface area contributed by atoms with Crippen molar-refractivity contribution in [3.05, 3.63) is 10.3 Å². The van der Waals surface area contributed by atoms with Gasteiger partial charge in [0.2, 0.25) is 5.28 Å². The summed E-state index contributed by atoms with van der Waals surface area (Å²) in [5.74, 6) is 0.821. The lowest BCUT2D eigenvalue weighted by Gasteiger charge is -2.10. The number of rotatable bonds is 2. The van der Waals surface area contributed by atoms with Crippen molar-refractivity contribution in [3.63, 3.8) is 0 Å². The fourth-order valence-electron chi connectivity index (χ4n) is 2.13. The molecule has 78 valence electrons. The van der Waals surface area contributed by atoms with Crippen LogP contribution in [0.2, 0.25) is 5.28 Å². The zero-order valence-electron chi connectivity index (χ0n) is 8.21. The highest BCUT2D eigenvalue weighted by atomic mass is 35.5. The summed E-state index contributed by atoms with van der Waals surface area (Å²) < 4.78 is 4.00. The number of nitrogens with zero attached hydrogens (tertiary/aromatic N) is 2. The van der Waals surface area contributed by atoms with Gasteiger partial charge in [-0.1, -0.05) is 38.5 Å². The van der Waals surface area contributed by atoms with E-state index in [2.05, 4.69) is 9.36 Å². The minimum atomic E-state index is 0.415. The van der Waals surface area contributed by atoms with Crippen LogP contribution in [0.5, 0.6) is 0 Å². The SMILES string of the molecule is Clc1nsc(CC2CCCCCC2)n1. The Hall–Kier alpha value is -0.150. The summed E-state index contributed by atoms with van der Waals surface area (Å²) in [5.41, 5.74) is 0. The first-order valence-corrected chi connectivity index (χ1v) is 6.48. The summed E-state index contributed by atoms with van der Waals surface area (Å²) >= 11 is 7.16. The first-order valence-electron chi connectivity index (χ1n) is 5.32. The maximum absolute atomic E-state index is 5.70. The van der Waals surface area contributed by atoms with E-state index in [4.69, 9.17) is 11.6 Å². The van der Waals surface area contributed by atoms with E-state index in [-0.39, 0.29) is 0 Å². The Morgan fingerprint density at radius 3 is 2.50 bits per heavy atom. The van der Waals surface area contributed by atoms with Gasteiger partial charge in [-0.05, 0) is 29.1 Å². The third kappa shape index (κ3) is 2.92. The zero-order valence-corrected chi connectivity index (χ0v) is 9.78. The third-order valence-corrected chi connectivity index (χ3v) is 3.88. The summed E-state index contributed by atoms with van der Waals surface area (Å²) in [6.45, 7) is 0. The van der Waals surface area contributed by atoms with Gasteiger partial charge in [0.15, 0.2) is 0 Å². The molecule has 2 nitrogen and oxygen atoms in total. The summed E-state index contributed by atoms with van der Waals surface area (Å²) in [6.07, 6.45) is 9.40. The summed E-state index contributed by atoms with van der Waals surface area (Å²) in [7, 11) is 0. The van der Waals surface area contributed by atoms with Gasteiger partial charge in [-0.25, -0.2) is 4.98 Å². The molecule has 0 aliphatic heterocycles. The Morgan fingerprint density at radius 1 is 1.21 bits per heavy atom. The molecule has 0 N–H and O–H groups in total. The maximum atomic E-state index is 5.70. The van der Waals surface area contributed by atoms with Gasteiger partial charge in [0.1, 0.15) is 5.01 Å². The van der Waals surface area contributed by atoms with E-state index in [9.17, 15) is 0 Å². The lowest BCUT2D eigenvalue weighted by Crippen LogP contribution is -2.02. The van der Waals surface area contributed by atoms with E-state index in [1.165, 1.54) is 50.1 Å². The quantitative estimate of drug-likeness (QED) is 0.724. The van der Waals surface area contributed by atoms with Crippen molar-refractivity contribution in [2.75, 3.05) is 0 Å². The monoisotopic (exact) mass is 230 g/mol. The molecular weight excluding hydrogens is 216 g/mol. The minimum Gasteiger partial charge on any atom is -0.210 e. The van der Waals surface area contributed by atoms with Crippen LogP contribution < -0.4 is 0 Å². The largest absolute Gasteiger partial charge is 0.234 e. The number of hydrogen-bond acceptors (Lipinski definition) is 3. The van der Waals surface area contributed by atoms with Crippen molar-refractivity contribution in [1.82, 2.24) is 9.36 Å². The molecule has 4 heteroatoms. The number of halogens is 1. The Labute approximate surface area is 93.9 Å². The van der Waals surface area contributed by atoms with Crippen LogP contribution in [0.15, 0.2) is 0 Å². The van der Waals surface area contributed by atoms with Gasteiger partial charge < -0.3 is 0 Å². The lowest BCUT2D eigenvalue weighted by molar-refractivity contribution is 0.457. The predicted molar refractivity (Wildman–Crippen MR) is 59.8 cm³/mol. The number of hydrogen-bond donors (Lipinski definition) is 0. The van der Waals surface area contributed by atoms with Crippen LogP contribution in [0.25, 0.3) is 0 Å². The zero-order chi connectivity index (χ0) is 9.80. The molecule has 14 heavy (non-hydrogen) atoms. The van der Waals surface area contributed by atoms with Crippen LogP contribution in [-0.4, -0.2) is 9.36 Å². The molecule has 1 saturated carbocycles. The van der Waals surface area contributed by atoms with Crippen molar-refractivity contribution in [3.8, 4) is 0 Å². The molecule has 1 aromatic heterocycles. The molecule has 1 aliphatic rings. The molecule has 0 atom stereocenters. The topological polar surface area (TPSA) is 25.8 Å². The summed E-state index contributed by atoms with van der Waals surface area (Å²) in [4.78, 5) is 4.21. The van der Waals surface area contributed by atoms with Crippen molar-refractivity contribution in [1.29, 1.82) is 0 Å². The van der Waals surface area contributed by atoms with Crippen LogP contribution >= 0.6 is 23.1 Å². The van der Waals surface area contributed by atoms with Gasteiger partial charge in [-0.2, -0.15) is 4.37 Å². The molecule has 0 spiro atoms. The number of aromatic nitrogens is 2. The first kappa shape index (κ1) is 10.4. The molecule has 0 radical (unpaired) electrons. The molecule has 0 aromatic carbocycles. The van der Waals surface area contributed by atoms with E-state index < -0.39 is 0 Å². The van der Waals surface area contributed by atoms with E-state index in [0.29, 0.717) is 5.28 Å². The van der Waals surface area contributed by atoms with Gasteiger partial charge in [0.25, 0.3) is 0 Å². The molecule has 2 rings (SSSR count). The normalized spacial score (nSPS) is 19.5. The van der Waals surface area contributed by atoms with Crippen molar-refractivity contribution in [2.45, 2.75) is 44.9 Å². The van der Waals surface area contributed by atoms with E-state index in [1.54, 1.807) is 0 Å². The lowest BCUT2D eigenvalue weighted by atomic mass is 9.97. The summed E-state index contributed by atoms with van der Waals surface area (Å²) in [5, 5.41) is 1.53. The van der Waals surface area contributed by atoms with Gasteiger partial charge in [0.05, 0.1) is 0 Å². The van der Waals surface area contributed by atoms with Gasteiger partial charge in [-0.15, -0.1) is 0 Å². The second-order valence-electron chi connectivity index (χ2n) is 4.02. The average Bonchev–Trinajstić information content (AvgIpc) is 2.43. The molecule has 0 bridgehead atoms. The average molecular weight is 231 g/mol. The van der Waals surface area contributed by atoms with Gasteiger partial charge in [-0.3, -0.25) is 0 Å². The highest BCUT2D eigenvalue weighted by Gasteiger charge is 2.14. The molecular formula is C10H15ClN2S. The van der Waals surface area contributed by atoms with Crippen LogP contribution in [0.1, 0.15) is 43.5 Å². The summed E-state index contributed by atoms with van der Waals surface area (Å²) in [6, 6.07) is 0. The second-order valence-corrected chi connectivity index (χ2v) is 5.19. The van der Waals surface area contributed by atoms with Crippen LogP contribution in [0, 0.1) is 5.92 Å².